The molecule has 1 unspecified atom stereocenters. The third kappa shape index (κ3) is 1.38. The molecule has 0 radical (unpaired) electrons. The Kier molecular flexibility index (Phi) is 2.01. The van der Waals surface area contributed by atoms with E-state index in [0.717, 1.165) is 11.3 Å². The summed E-state index contributed by atoms with van der Waals surface area (Å²) in [4.78, 5) is 0. The van der Waals surface area contributed by atoms with Crippen molar-refractivity contribution in [3.8, 4) is 11.8 Å². The molecule has 1 aliphatic heterocycles. The normalized spacial score (nSPS) is 18.9. The van der Waals surface area contributed by atoms with Crippen LogP contribution in [0, 0.1) is 11.3 Å². The Balaban J connectivity index is 2.51. The van der Waals surface area contributed by atoms with Gasteiger partial charge in [0.15, 0.2) is 0 Å². The molecule has 0 saturated heterocycles. The van der Waals surface area contributed by atoms with E-state index in [9.17, 15) is 0 Å². The molecule has 1 aromatic carbocycles. The highest BCUT2D eigenvalue weighted by Crippen LogP contribution is 2.29. The van der Waals surface area contributed by atoms with E-state index in [1.54, 1.807) is 6.07 Å². The first kappa shape index (κ1) is 8.83. The number of hydrogen-bond acceptors (Lipinski definition) is 2. The summed E-state index contributed by atoms with van der Waals surface area (Å²) in [6.07, 6.45) is 2.21. The molecule has 0 saturated carbocycles. The fourth-order valence-corrected chi connectivity index (χ4v) is 1.48. The summed E-state index contributed by atoms with van der Waals surface area (Å²) in [6.45, 7) is 4.06. The van der Waals surface area contributed by atoms with Crippen LogP contribution in [0.5, 0.6) is 5.75 Å². The smallest absolute Gasteiger partial charge is 0.127 e. The topological polar surface area (TPSA) is 33.0 Å². The van der Waals surface area contributed by atoms with Crippen LogP contribution < -0.4 is 4.74 Å². The van der Waals surface area contributed by atoms with Gasteiger partial charge < -0.3 is 4.74 Å². The molecule has 0 fully saturated rings. The van der Waals surface area contributed by atoms with E-state index in [1.165, 1.54) is 5.57 Å². The minimum Gasteiger partial charge on any atom is -0.486 e. The second kappa shape index (κ2) is 3.19. The van der Waals surface area contributed by atoms with Crippen LogP contribution in [0.3, 0.4) is 0 Å². The van der Waals surface area contributed by atoms with Gasteiger partial charge in [-0.15, -0.1) is 0 Å². The van der Waals surface area contributed by atoms with E-state index < -0.39 is 0 Å². The molecule has 2 nitrogen and oxygen atoms in total. The molecule has 0 amide bonds. The Hall–Kier alpha value is -1.75. The summed E-state index contributed by atoms with van der Waals surface area (Å²) < 4.78 is 5.67. The summed E-state index contributed by atoms with van der Waals surface area (Å²) in [5.41, 5.74) is 2.86. The molecule has 2 rings (SSSR count). The summed E-state index contributed by atoms with van der Waals surface area (Å²) in [5, 5.41) is 8.75. The molecular formula is C12H11NO. The van der Waals surface area contributed by atoms with Crippen molar-refractivity contribution in [3.63, 3.8) is 0 Å². The maximum atomic E-state index is 8.75. The number of nitrogens with zero attached hydrogens (tertiary/aromatic N) is 1. The fourth-order valence-electron chi connectivity index (χ4n) is 1.48. The fraction of sp³-hybridized carbons (Fsp3) is 0.250. The van der Waals surface area contributed by atoms with Crippen molar-refractivity contribution in [2.45, 2.75) is 20.0 Å². The van der Waals surface area contributed by atoms with Crippen molar-refractivity contribution in [1.82, 2.24) is 0 Å². The second-order valence-corrected chi connectivity index (χ2v) is 3.51. The number of hydrogen-bond donors (Lipinski definition) is 0. The predicted octanol–water partition coefficient (Wildman–Crippen LogP) is 2.74. The Labute approximate surface area is 83.4 Å². The lowest BCUT2D eigenvalue weighted by Gasteiger charge is -2.22. The van der Waals surface area contributed by atoms with Crippen LogP contribution in [0.1, 0.15) is 25.0 Å². The standard InChI is InChI=1S/C12H11NO/c1-8-5-11-6-10(7-13)3-4-12(11)14-9(8)2/h3-6,9H,1-2H3. The largest absolute Gasteiger partial charge is 0.486 e. The molecule has 1 atom stereocenters. The van der Waals surface area contributed by atoms with Crippen molar-refractivity contribution in [3.05, 3.63) is 34.9 Å². The highest BCUT2D eigenvalue weighted by Gasteiger charge is 2.15. The number of nitriles is 1. The Morgan fingerprint density at radius 3 is 2.93 bits per heavy atom. The summed E-state index contributed by atoms with van der Waals surface area (Å²) in [5.74, 6) is 0.863. The Morgan fingerprint density at radius 1 is 1.43 bits per heavy atom. The molecule has 0 bridgehead atoms. The van der Waals surface area contributed by atoms with Crippen LogP contribution in [0.25, 0.3) is 6.08 Å². The van der Waals surface area contributed by atoms with Gasteiger partial charge in [-0.05, 0) is 43.7 Å². The lowest BCUT2D eigenvalue weighted by Crippen LogP contribution is -2.16. The molecular weight excluding hydrogens is 174 g/mol. The van der Waals surface area contributed by atoms with Crippen LogP contribution in [-0.2, 0) is 0 Å². The van der Waals surface area contributed by atoms with Gasteiger partial charge in [0, 0.05) is 5.56 Å². The first-order valence-electron chi connectivity index (χ1n) is 4.59. The van der Waals surface area contributed by atoms with E-state index in [1.807, 2.05) is 26.0 Å². The lowest BCUT2D eigenvalue weighted by molar-refractivity contribution is 0.253. The van der Waals surface area contributed by atoms with Crippen LogP contribution in [-0.4, -0.2) is 6.10 Å². The summed E-state index contributed by atoms with van der Waals surface area (Å²) in [6, 6.07) is 7.60. The van der Waals surface area contributed by atoms with Gasteiger partial charge in [-0.1, -0.05) is 0 Å². The van der Waals surface area contributed by atoms with Gasteiger partial charge in [-0.25, -0.2) is 0 Å². The van der Waals surface area contributed by atoms with Crippen molar-refractivity contribution in [2.75, 3.05) is 0 Å². The van der Waals surface area contributed by atoms with E-state index >= 15 is 0 Å². The van der Waals surface area contributed by atoms with Crippen LogP contribution in [0.2, 0.25) is 0 Å². The van der Waals surface area contributed by atoms with Gasteiger partial charge in [-0.3, -0.25) is 0 Å². The minimum atomic E-state index is 0.135. The number of ether oxygens (including phenoxy) is 1. The molecule has 1 aliphatic rings. The van der Waals surface area contributed by atoms with Crippen LogP contribution >= 0.6 is 0 Å². The number of rotatable bonds is 0. The number of fused-ring (bicyclic) bond motifs is 1. The SMILES string of the molecule is CC1=Cc2cc(C#N)ccc2OC1C. The quantitative estimate of drug-likeness (QED) is 0.622. The zero-order valence-electron chi connectivity index (χ0n) is 8.24. The first-order valence-corrected chi connectivity index (χ1v) is 4.59. The van der Waals surface area contributed by atoms with Gasteiger partial charge in [0.2, 0.25) is 0 Å². The van der Waals surface area contributed by atoms with Gasteiger partial charge in [0.1, 0.15) is 11.9 Å². The zero-order valence-corrected chi connectivity index (χ0v) is 8.24. The molecule has 1 heterocycles. The first-order chi connectivity index (χ1) is 6.70. The molecule has 14 heavy (non-hydrogen) atoms. The summed E-state index contributed by atoms with van der Waals surface area (Å²) in [7, 11) is 0. The minimum absolute atomic E-state index is 0.135. The summed E-state index contributed by atoms with van der Waals surface area (Å²) >= 11 is 0. The Morgan fingerprint density at radius 2 is 2.21 bits per heavy atom. The maximum absolute atomic E-state index is 8.75. The van der Waals surface area contributed by atoms with E-state index in [0.29, 0.717) is 5.56 Å². The highest BCUT2D eigenvalue weighted by atomic mass is 16.5. The van der Waals surface area contributed by atoms with Crippen molar-refractivity contribution >= 4 is 6.08 Å². The van der Waals surface area contributed by atoms with Crippen molar-refractivity contribution < 1.29 is 4.74 Å². The molecule has 2 heteroatoms. The molecule has 1 aromatic rings. The lowest BCUT2D eigenvalue weighted by atomic mass is 10.0. The monoisotopic (exact) mass is 185 g/mol. The predicted molar refractivity (Wildman–Crippen MR) is 54.9 cm³/mol. The van der Waals surface area contributed by atoms with Gasteiger partial charge >= 0.3 is 0 Å². The average molecular weight is 185 g/mol. The zero-order chi connectivity index (χ0) is 10.1. The van der Waals surface area contributed by atoms with Crippen LogP contribution in [0.4, 0.5) is 0 Å². The van der Waals surface area contributed by atoms with E-state index in [4.69, 9.17) is 10.00 Å². The van der Waals surface area contributed by atoms with E-state index in [2.05, 4.69) is 12.1 Å². The number of benzene rings is 1. The van der Waals surface area contributed by atoms with E-state index in [-0.39, 0.29) is 6.10 Å². The Bertz CT molecular complexity index is 440. The maximum Gasteiger partial charge on any atom is 0.127 e. The van der Waals surface area contributed by atoms with Gasteiger partial charge in [0.05, 0.1) is 11.6 Å². The molecule has 70 valence electrons. The second-order valence-electron chi connectivity index (χ2n) is 3.51. The third-order valence-electron chi connectivity index (χ3n) is 2.47. The molecule has 0 N–H and O–H groups in total. The highest BCUT2D eigenvalue weighted by molar-refractivity contribution is 5.64. The third-order valence-corrected chi connectivity index (χ3v) is 2.47. The van der Waals surface area contributed by atoms with Crippen molar-refractivity contribution in [1.29, 1.82) is 5.26 Å². The van der Waals surface area contributed by atoms with Crippen molar-refractivity contribution in [2.24, 2.45) is 0 Å². The van der Waals surface area contributed by atoms with Gasteiger partial charge in [-0.2, -0.15) is 5.26 Å². The molecule has 0 aliphatic carbocycles. The average Bonchev–Trinajstić information content (AvgIpc) is 2.19. The van der Waals surface area contributed by atoms with Crippen LogP contribution in [0.15, 0.2) is 23.8 Å². The van der Waals surface area contributed by atoms with Gasteiger partial charge in [0.25, 0.3) is 0 Å². The molecule has 0 spiro atoms. The molecule has 0 aromatic heterocycles.